The second kappa shape index (κ2) is 7.32. The van der Waals surface area contributed by atoms with Gasteiger partial charge in [-0.2, -0.15) is 0 Å². The van der Waals surface area contributed by atoms with Gasteiger partial charge < -0.3 is 4.98 Å². The molecule has 1 N–H and O–H groups in total. The average Bonchev–Trinajstić information content (AvgIpc) is 3.46. The van der Waals surface area contributed by atoms with Crippen LogP contribution in [0, 0.1) is 6.92 Å². The summed E-state index contributed by atoms with van der Waals surface area (Å²) in [5.74, 6) is 0. The number of nitrogens with one attached hydrogen (secondary N) is 1. The van der Waals surface area contributed by atoms with Gasteiger partial charge in [0.15, 0.2) is 4.96 Å². The first-order valence-corrected chi connectivity index (χ1v) is 11.3. The summed E-state index contributed by atoms with van der Waals surface area (Å²) in [5, 5.41) is 1.11. The molecule has 0 spiro atoms. The van der Waals surface area contributed by atoms with Gasteiger partial charge in [0.1, 0.15) is 0 Å². The molecule has 154 valence electrons. The molecule has 3 aromatic heterocycles. The van der Waals surface area contributed by atoms with Crippen LogP contribution < -0.4 is 10.1 Å². The van der Waals surface area contributed by atoms with Gasteiger partial charge in [-0.05, 0) is 19.1 Å². The van der Waals surface area contributed by atoms with Crippen LogP contribution in [0.3, 0.4) is 0 Å². The van der Waals surface area contributed by atoms with E-state index in [1.165, 1.54) is 11.3 Å². The number of H-pyrrole nitrogens is 1. The number of aryl methyl sites for hydroxylation is 1. The number of aromatic amines is 1. The summed E-state index contributed by atoms with van der Waals surface area (Å²) in [7, 11) is 0. The van der Waals surface area contributed by atoms with Crippen LogP contribution in [-0.2, 0) is 0 Å². The number of para-hydroxylation sites is 1. The summed E-state index contributed by atoms with van der Waals surface area (Å²) in [6.07, 6.45) is 1.99. The number of rotatable bonds is 3. The minimum absolute atomic E-state index is 0.0387. The van der Waals surface area contributed by atoms with Crippen LogP contribution in [0.4, 0.5) is 0 Å². The molecule has 0 amide bonds. The number of thiazole rings is 1. The topological polar surface area (TPSA) is 50.2 Å². The predicted molar refractivity (Wildman–Crippen MR) is 132 cm³/mol. The lowest BCUT2D eigenvalue weighted by Gasteiger charge is -2.04. The fourth-order valence-electron chi connectivity index (χ4n) is 4.27. The highest BCUT2D eigenvalue weighted by atomic mass is 32.1. The van der Waals surface area contributed by atoms with Crippen molar-refractivity contribution >= 4 is 33.3 Å². The third-order valence-electron chi connectivity index (χ3n) is 5.78. The van der Waals surface area contributed by atoms with Crippen molar-refractivity contribution in [2.24, 2.45) is 0 Å². The summed E-state index contributed by atoms with van der Waals surface area (Å²) in [4.78, 5) is 22.7. The first-order chi connectivity index (χ1) is 15.7. The maximum atomic E-state index is 13.6. The molecule has 6 rings (SSSR count). The number of imidazole rings is 1. The summed E-state index contributed by atoms with van der Waals surface area (Å²) in [6.45, 7) is 2.04. The minimum atomic E-state index is -0.0387. The van der Waals surface area contributed by atoms with E-state index >= 15 is 0 Å². The fraction of sp³-hybridized carbons (Fsp3) is 0.0370. The van der Waals surface area contributed by atoms with Gasteiger partial charge >= 0.3 is 0 Å². The Bertz CT molecular complexity index is 1690. The van der Waals surface area contributed by atoms with Crippen LogP contribution in [0.5, 0.6) is 0 Å². The monoisotopic (exact) mass is 433 g/mol. The molecule has 4 nitrogen and oxygen atoms in total. The number of hydrogen-bond acceptors (Lipinski definition) is 3. The van der Waals surface area contributed by atoms with Gasteiger partial charge in [0.05, 0.1) is 15.9 Å². The highest BCUT2D eigenvalue weighted by Crippen LogP contribution is 2.32. The summed E-state index contributed by atoms with van der Waals surface area (Å²) in [6, 6.07) is 28.2. The summed E-state index contributed by atoms with van der Waals surface area (Å²) >= 11 is 1.43. The first-order valence-electron chi connectivity index (χ1n) is 10.5. The lowest BCUT2D eigenvalue weighted by molar-refractivity contribution is 1.15. The average molecular weight is 434 g/mol. The van der Waals surface area contributed by atoms with E-state index < -0.39 is 0 Å². The standard InChI is InChI=1S/C27H19N3OS/c1-17-21(20-14-8-9-15-22(20)28-17)16-23-26(31)30-25(19-12-6-3-7-13-19)24(29-27(30)32-23)18-10-4-2-5-11-18/h2-16,28H,1H3. The normalized spacial score (nSPS) is 12.2. The molecular weight excluding hydrogens is 414 g/mol. The summed E-state index contributed by atoms with van der Waals surface area (Å²) < 4.78 is 2.44. The molecular formula is C27H19N3OS. The second-order valence-corrected chi connectivity index (χ2v) is 8.79. The molecule has 0 saturated carbocycles. The van der Waals surface area contributed by atoms with E-state index in [-0.39, 0.29) is 5.56 Å². The van der Waals surface area contributed by atoms with Crippen LogP contribution in [0.1, 0.15) is 11.3 Å². The fourth-order valence-corrected chi connectivity index (χ4v) is 5.23. The molecule has 3 heterocycles. The van der Waals surface area contributed by atoms with Crippen molar-refractivity contribution < 1.29 is 0 Å². The lowest BCUT2D eigenvalue weighted by Crippen LogP contribution is -2.23. The van der Waals surface area contributed by atoms with Gasteiger partial charge in [-0.15, -0.1) is 0 Å². The van der Waals surface area contributed by atoms with Crippen molar-refractivity contribution in [2.45, 2.75) is 6.92 Å². The predicted octanol–water partition coefficient (Wildman–Crippen LogP) is 5.43. The van der Waals surface area contributed by atoms with Crippen molar-refractivity contribution in [2.75, 3.05) is 0 Å². The molecule has 0 unspecified atom stereocenters. The zero-order valence-electron chi connectivity index (χ0n) is 17.4. The Kier molecular flexibility index (Phi) is 4.30. The van der Waals surface area contributed by atoms with Gasteiger partial charge in [-0.3, -0.25) is 4.79 Å². The van der Waals surface area contributed by atoms with E-state index in [9.17, 15) is 4.79 Å². The number of hydrogen-bond donors (Lipinski definition) is 1. The molecule has 5 heteroatoms. The Labute approximate surface area is 188 Å². The number of aromatic nitrogens is 3. The molecule has 0 saturated heterocycles. The zero-order chi connectivity index (χ0) is 21.7. The SMILES string of the molecule is Cc1[nH]c2ccccc2c1C=c1sc2nc(-c3ccccc3)c(-c3ccccc3)n2c1=O. The van der Waals surface area contributed by atoms with Crippen molar-refractivity contribution in [3.05, 3.63) is 111 Å². The van der Waals surface area contributed by atoms with E-state index in [1.807, 2.05) is 85.8 Å². The highest BCUT2D eigenvalue weighted by Gasteiger charge is 2.20. The molecule has 6 aromatic rings. The van der Waals surface area contributed by atoms with E-state index in [2.05, 4.69) is 17.1 Å². The molecule has 0 atom stereocenters. The van der Waals surface area contributed by atoms with Crippen LogP contribution in [0.25, 0.3) is 44.5 Å². The second-order valence-electron chi connectivity index (χ2n) is 7.78. The van der Waals surface area contributed by atoms with Crippen molar-refractivity contribution in [3.63, 3.8) is 0 Å². The van der Waals surface area contributed by atoms with Gasteiger partial charge in [0.2, 0.25) is 0 Å². The molecule has 0 bridgehead atoms. The Morgan fingerprint density at radius 2 is 1.53 bits per heavy atom. The van der Waals surface area contributed by atoms with Crippen LogP contribution in [0.15, 0.2) is 89.7 Å². The Morgan fingerprint density at radius 3 is 2.28 bits per heavy atom. The van der Waals surface area contributed by atoms with Gasteiger partial charge in [0.25, 0.3) is 5.56 Å². The van der Waals surface area contributed by atoms with Gasteiger partial charge in [-0.1, -0.05) is 90.2 Å². The molecule has 0 aliphatic rings. The minimum Gasteiger partial charge on any atom is -0.358 e. The summed E-state index contributed by atoms with van der Waals surface area (Å²) in [5.41, 5.74) is 6.77. The van der Waals surface area contributed by atoms with Crippen molar-refractivity contribution in [1.29, 1.82) is 0 Å². The van der Waals surface area contributed by atoms with E-state index in [0.29, 0.717) is 9.49 Å². The molecule has 0 aliphatic carbocycles. The van der Waals surface area contributed by atoms with Crippen molar-refractivity contribution in [1.82, 2.24) is 14.4 Å². The first kappa shape index (κ1) is 18.8. The molecule has 32 heavy (non-hydrogen) atoms. The molecule has 3 aromatic carbocycles. The van der Waals surface area contributed by atoms with Crippen molar-refractivity contribution in [3.8, 4) is 22.5 Å². The quantitative estimate of drug-likeness (QED) is 0.405. The largest absolute Gasteiger partial charge is 0.358 e. The van der Waals surface area contributed by atoms with Crippen LogP contribution in [-0.4, -0.2) is 14.4 Å². The number of nitrogens with zero attached hydrogens (tertiary/aromatic N) is 2. The highest BCUT2D eigenvalue weighted by molar-refractivity contribution is 7.15. The van der Waals surface area contributed by atoms with E-state index in [1.54, 1.807) is 4.40 Å². The zero-order valence-corrected chi connectivity index (χ0v) is 18.2. The van der Waals surface area contributed by atoms with Crippen LogP contribution >= 0.6 is 11.3 Å². The van der Waals surface area contributed by atoms with Gasteiger partial charge in [0, 0.05) is 33.3 Å². The Balaban J connectivity index is 1.65. The van der Waals surface area contributed by atoms with Gasteiger partial charge in [-0.25, -0.2) is 9.38 Å². The maximum absolute atomic E-state index is 13.6. The molecule has 0 radical (unpaired) electrons. The Hall–Kier alpha value is -3.96. The van der Waals surface area contributed by atoms with Crippen LogP contribution in [0.2, 0.25) is 0 Å². The van der Waals surface area contributed by atoms with E-state index in [0.717, 1.165) is 44.7 Å². The Morgan fingerprint density at radius 1 is 0.875 bits per heavy atom. The smallest absolute Gasteiger partial charge is 0.274 e. The third kappa shape index (κ3) is 2.90. The van der Waals surface area contributed by atoms with E-state index in [4.69, 9.17) is 4.98 Å². The third-order valence-corrected chi connectivity index (χ3v) is 6.74. The number of benzene rings is 3. The lowest BCUT2D eigenvalue weighted by atomic mass is 10.1. The molecule has 0 fully saturated rings. The number of fused-ring (bicyclic) bond motifs is 2. The maximum Gasteiger partial charge on any atom is 0.274 e. The molecule has 0 aliphatic heterocycles.